The van der Waals surface area contributed by atoms with Crippen molar-refractivity contribution in [2.75, 3.05) is 44.6 Å². The van der Waals surface area contributed by atoms with Gasteiger partial charge in [-0.05, 0) is 30.5 Å². The third-order valence-corrected chi connectivity index (χ3v) is 6.84. The quantitative estimate of drug-likeness (QED) is 0.461. The smallest absolute Gasteiger partial charge is 0.352 e. The van der Waals surface area contributed by atoms with Crippen molar-refractivity contribution >= 4 is 28.8 Å². The van der Waals surface area contributed by atoms with E-state index < -0.39 is 5.97 Å². The van der Waals surface area contributed by atoms with Gasteiger partial charge in [0.05, 0.1) is 6.61 Å². The first-order valence-corrected chi connectivity index (χ1v) is 12.0. The number of rotatable bonds is 8. The lowest BCUT2D eigenvalue weighted by molar-refractivity contribution is 0.0683. The van der Waals surface area contributed by atoms with E-state index in [0.29, 0.717) is 17.4 Å². The molecule has 2 aliphatic rings. The zero-order valence-corrected chi connectivity index (χ0v) is 19.2. The Labute approximate surface area is 198 Å². The standard InChI is InChI=1S/C24H31N7O3/c32-12-11-29-7-9-30(10-8-29)16-17-5-6-21(25-14-17)27-24-26-15-18-13-20(23(33)34)31(22(18)28-24)19-3-1-2-4-19/h5-6,13-15,19,32H,1-4,7-12,16H2,(H,33,34)(H,25,26,27,28). The van der Waals surface area contributed by atoms with Crippen LogP contribution in [0.25, 0.3) is 11.0 Å². The van der Waals surface area contributed by atoms with E-state index in [2.05, 4.69) is 36.1 Å². The number of aliphatic hydroxyl groups excluding tert-OH is 1. The molecule has 0 unspecified atom stereocenters. The van der Waals surface area contributed by atoms with E-state index in [9.17, 15) is 9.90 Å². The molecule has 2 fully saturated rings. The van der Waals surface area contributed by atoms with Crippen molar-refractivity contribution in [3.05, 3.63) is 41.9 Å². The second-order valence-electron chi connectivity index (χ2n) is 9.13. The van der Waals surface area contributed by atoms with Crippen LogP contribution in [0.5, 0.6) is 0 Å². The largest absolute Gasteiger partial charge is 0.477 e. The van der Waals surface area contributed by atoms with Gasteiger partial charge in [-0.3, -0.25) is 9.80 Å². The van der Waals surface area contributed by atoms with Crippen LogP contribution in [0, 0.1) is 0 Å². The van der Waals surface area contributed by atoms with Crippen LogP contribution in [0.15, 0.2) is 30.6 Å². The Morgan fingerprint density at radius 2 is 1.82 bits per heavy atom. The number of aromatic carboxylic acids is 1. The number of hydrogen-bond donors (Lipinski definition) is 3. The number of nitrogens with one attached hydrogen (secondary N) is 1. The first-order chi connectivity index (χ1) is 16.6. The van der Waals surface area contributed by atoms with E-state index in [0.717, 1.165) is 75.9 Å². The van der Waals surface area contributed by atoms with E-state index in [-0.39, 0.29) is 18.3 Å². The summed E-state index contributed by atoms with van der Waals surface area (Å²) in [6.45, 7) is 5.70. The molecule has 3 aromatic heterocycles. The molecule has 5 rings (SSSR count). The summed E-state index contributed by atoms with van der Waals surface area (Å²) in [6, 6.07) is 5.80. The van der Waals surface area contributed by atoms with Gasteiger partial charge in [-0.1, -0.05) is 18.9 Å². The minimum atomic E-state index is -0.938. The minimum absolute atomic E-state index is 0.161. The number of nitrogens with zero attached hydrogens (tertiary/aromatic N) is 6. The summed E-state index contributed by atoms with van der Waals surface area (Å²) in [4.78, 5) is 30.1. The van der Waals surface area contributed by atoms with E-state index in [1.54, 1.807) is 12.3 Å². The lowest BCUT2D eigenvalue weighted by atomic mass is 10.2. The number of piperazine rings is 1. The van der Waals surface area contributed by atoms with Crippen molar-refractivity contribution in [1.29, 1.82) is 0 Å². The number of carbonyl (C=O) groups is 1. The molecule has 1 aliphatic carbocycles. The van der Waals surface area contributed by atoms with Gasteiger partial charge in [-0.15, -0.1) is 0 Å². The first-order valence-electron chi connectivity index (χ1n) is 12.0. The highest BCUT2D eigenvalue weighted by Crippen LogP contribution is 2.34. The van der Waals surface area contributed by atoms with Crippen molar-refractivity contribution in [3.63, 3.8) is 0 Å². The molecule has 1 aliphatic heterocycles. The molecule has 0 spiro atoms. The SMILES string of the molecule is O=C(O)c1cc2cnc(Nc3ccc(CN4CCN(CCO)CC4)cn3)nc2n1C1CCCC1. The number of carboxylic acid groups (broad SMARTS) is 1. The molecule has 0 radical (unpaired) electrons. The Hall–Kier alpha value is -3.08. The lowest BCUT2D eigenvalue weighted by Crippen LogP contribution is -2.46. The first kappa shape index (κ1) is 22.7. The number of aliphatic hydroxyl groups is 1. The Kier molecular flexibility index (Phi) is 6.70. The maximum atomic E-state index is 11.8. The molecule has 1 saturated carbocycles. The Balaban J connectivity index is 1.28. The van der Waals surface area contributed by atoms with Crippen LogP contribution in [0.2, 0.25) is 0 Å². The highest BCUT2D eigenvalue weighted by Gasteiger charge is 2.25. The van der Waals surface area contributed by atoms with Crippen LogP contribution >= 0.6 is 0 Å². The zero-order valence-electron chi connectivity index (χ0n) is 19.2. The average molecular weight is 466 g/mol. The van der Waals surface area contributed by atoms with Gasteiger partial charge in [-0.25, -0.2) is 14.8 Å². The molecular weight excluding hydrogens is 434 g/mol. The summed E-state index contributed by atoms with van der Waals surface area (Å²) in [6.07, 6.45) is 7.69. The van der Waals surface area contributed by atoms with E-state index in [1.165, 1.54) is 0 Å². The van der Waals surface area contributed by atoms with Gasteiger partial charge in [0.1, 0.15) is 17.2 Å². The van der Waals surface area contributed by atoms with Crippen LogP contribution in [0.3, 0.4) is 0 Å². The van der Waals surface area contributed by atoms with E-state index >= 15 is 0 Å². The number of hydrogen-bond acceptors (Lipinski definition) is 8. The number of pyridine rings is 1. The van der Waals surface area contributed by atoms with Crippen molar-refractivity contribution in [1.82, 2.24) is 29.3 Å². The van der Waals surface area contributed by atoms with Crippen molar-refractivity contribution in [3.8, 4) is 0 Å². The predicted molar refractivity (Wildman–Crippen MR) is 128 cm³/mol. The number of fused-ring (bicyclic) bond motifs is 1. The fraction of sp³-hybridized carbons (Fsp3) is 0.500. The van der Waals surface area contributed by atoms with Gasteiger partial charge in [-0.2, -0.15) is 4.98 Å². The van der Waals surface area contributed by atoms with Gasteiger partial charge in [0.15, 0.2) is 0 Å². The van der Waals surface area contributed by atoms with Crippen LogP contribution in [-0.4, -0.2) is 84.8 Å². The number of aromatic nitrogens is 4. The summed E-state index contributed by atoms with van der Waals surface area (Å²) in [5, 5.41) is 22.7. The van der Waals surface area contributed by atoms with Crippen molar-refractivity contribution in [2.45, 2.75) is 38.3 Å². The number of anilines is 2. The summed E-state index contributed by atoms with van der Waals surface area (Å²) < 4.78 is 1.87. The monoisotopic (exact) mass is 465 g/mol. The van der Waals surface area contributed by atoms with Crippen molar-refractivity contribution < 1.29 is 15.0 Å². The van der Waals surface area contributed by atoms with Crippen molar-refractivity contribution in [2.24, 2.45) is 0 Å². The minimum Gasteiger partial charge on any atom is -0.477 e. The Morgan fingerprint density at radius 1 is 1.06 bits per heavy atom. The molecule has 0 bridgehead atoms. The predicted octanol–water partition coefficient (Wildman–Crippen LogP) is 2.49. The second-order valence-corrected chi connectivity index (χ2v) is 9.13. The summed E-state index contributed by atoms with van der Waals surface area (Å²) in [5.74, 6) is 0.113. The van der Waals surface area contributed by atoms with E-state index in [1.807, 2.05) is 16.8 Å². The second kappa shape index (κ2) is 10.0. The van der Waals surface area contributed by atoms with Gasteiger partial charge >= 0.3 is 5.97 Å². The molecule has 180 valence electrons. The summed E-state index contributed by atoms with van der Waals surface area (Å²) >= 11 is 0. The number of carboxylic acids is 1. The molecule has 0 aromatic carbocycles. The fourth-order valence-electron chi connectivity index (χ4n) is 5.04. The molecule has 4 heterocycles. The molecule has 10 nitrogen and oxygen atoms in total. The maximum absolute atomic E-state index is 11.8. The van der Waals surface area contributed by atoms with Gasteiger partial charge in [0.25, 0.3) is 0 Å². The topological polar surface area (TPSA) is 120 Å². The summed E-state index contributed by atoms with van der Waals surface area (Å²) in [5.41, 5.74) is 2.06. The molecular formula is C24H31N7O3. The molecule has 1 saturated heterocycles. The van der Waals surface area contributed by atoms with Crippen LogP contribution in [0.4, 0.5) is 11.8 Å². The maximum Gasteiger partial charge on any atom is 0.352 e. The molecule has 0 amide bonds. The fourth-order valence-corrected chi connectivity index (χ4v) is 5.04. The third kappa shape index (κ3) is 4.89. The van der Waals surface area contributed by atoms with Crippen LogP contribution in [0.1, 0.15) is 47.8 Å². The molecule has 34 heavy (non-hydrogen) atoms. The Morgan fingerprint density at radius 3 is 2.50 bits per heavy atom. The van der Waals surface area contributed by atoms with Gasteiger partial charge in [0, 0.05) is 63.1 Å². The van der Waals surface area contributed by atoms with E-state index in [4.69, 9.17) is 5.11 Å². The number of β-amino-alcohol motifs (C(OH)–C–C–N with tert-alkyl or cyclic N) is 1. The van der Waals surface area contributed by atoms with Crippen LogP contribution < -0.4 is 5.32 Å². The van der Waals surface area contributed by atoms with Gasteiger partial charge < -0.3 is 20.1 Å². The third-order valence-electron chi connectivity index (χ3n) is 6.84. The van der Waals surface area contributed by atoms with Gasteiger partial charge in [0.2, 0.25) is 5.95 Å². The highest BCUT2D eigenvalue weighted by molar-refractivity contribution is 5.93. The molecule has 3 N–H and O–H groups in total. The molecule has 10 heteroatoms. The average Bonchev–Trinajstić information content (AvgIpc) is 3.49. The lowest BCUT2D eigenvalue weighted by Gasteiger charge is -2.34. The summed E-state index contributed by atoms with van der Waals surface area (Å²) in [7, 11) is 0. The zero-order chi connectivity index (χ0) is 23.5. The highest BCUT2D eigenvalue weighted by atomic mass is 16.4. The Bertz CT molecular complexity index is 1130. The molecule has 0 atom stereocenters. The normalized spacial score (nSPS) is 18.0. The van der Waals surface area contributed by atoms with Crippen LogP contribution in [-0.2, 0) is 6.54 Å². The molecule has 3 aromatic rings.